The third kappa shape index (κ3) is 3.40. The van der Waals surface area contributed by atoms with Crippen LogP contribution in [-0.2, 0) is 0 Å². The lowest BCUT2D eigenvalue weighted by atomic mass is 10.1. The standard InChI is InChI=1S/C15H23N3O/c1-10-3-4-11(7-10)9-18-14-8-12(15(19)17-2)5-6-13(14)16/h5-6,8,10-11,18H,3-4,7,9,16H2,1-2H3,(H,17,19). The van der Waals surface area contributed by atoms with Crippen molar-refractivity contribution in [2.75, 3.05) is 24.6 Å². The van der Waals surface area contributed by atoms with Crippen LogP contribution in [0.1, 0.15) is 36.5 Å². The summed E-state index contributed by atoms with van der Waals surface area (Å²) in [7, 11) is 1.63. The quantitative estimate of drug-likeness (QED) is 0.729. The molecule has 0 aromatic heterocycles. The van der Waals surface area contributed by atoms with Crippen LogP contribution in [0.25, 0.3) is 0 Å². The molecule has 1 saturated carbocycles. The van der Waals surface area contributed by atoms with E-state index in [1.807, 2.05) is 6.07 Å². The van der Waals surface area contributed by atoms with Crippen LogP contribution in [0.5, 0.6) is 0 Å². The Morgan fingerprint density at radius 3 is 2.84 bits per heavy atom. The molecular formula is C15H23N3O. The zero-order valence-electron chi connectivity index (χ0n) is 11.7. The second-order valence-corrected chi connectivity index (χ2v) is 5.55. The van der Waals surface area contributed by atoms with E-state index >= 15 is 0 Å². The number of hydrogen-bond acceptors (Lipinski definition) is 3. The summed E-state index contributed by atoms with van der Waals surface area (Å²) in [5, 5.41) is 6.01. The summed E-state index contributed by atoms with van der Waals surface area (Å²) in [4.78, 5) is 11.6. The van der Waals surface area contributed by atoms with E-state index in [1.54, 1.807) is 19.2 Å². The molecule has 1 aliphatic carbocycles. The fourth-order valence-corrected chi connectivity index (χ4v) is 2.76. The van der Waals surface area contributed by atoms with Gasteiger partial charge >= 0.3 is 0 Å². The van der Waals surface area contributed by atoms with Gasteiger partial charge in [0.2, 0.25) is 0 Å². The molecule has 1 fully saturated rings. The molecular weight excluding hydrogens is 238 g/mol. The molecule has 4 heteroatoms. The van der Waals surface area contributed by atoms with Crippen LogP contribution < -0.4 is 16.4 Å². The fourth-order valence-electron chi connectivity index (χ4n) is 2.76. The minimum Gasteiger partial charge on any atom is -0.397 e. The van der Waals surface area contributed by atoms with Crippen molar-refractivity contribution in [3.8, 4) is 0 Å². The van der Waals surface area contributed by atoms with Crippen LogP contribution in [0.2, 0.25) is 0 Å². The van der Waals surface area contributed by atoms with Gasteiger partial charge < -0.3 is 16.4 Å². The van der Waals surface area contributed by atoms with E-state index in [4.69, 9.17) is 5.73 Å². The molecule has 2 unspecified atom stereocenters. The van der Waals surface area contributed by atoms with Crippen molar-refractivity contribution in [3.63, 3.8) is 0 Å². The van der Waals surface area contributed by atoms with Gasteiger partial charge in [-0.25, -0.2) is 0 Å². The highest BCUT2D eigenvalue weighted by molar-refractivity contribution is 5.96. The van der Waals surface area contributed by atoms with Gasteiger partial charge in [-0.3, -0.25) is 4.79 Å². The molecule has 19 heavy (non-hydrogen) atoms. The summed E-state index contributed by atoms with van der Waals surface area (Å²) >= 11 is 0. The van der Waals surface area contributed by atoms with E-state index in [-0.39, 0.29) is 5.91 Å². The second kappa shape index (κ2) is 5.95. The van der Waals surface area contributed by atoms with Gasteiger partial charge in [0.25, 0.3) is 5.91 Å². The van der Waals surface area contributed by atoms with Gasteiger partial charge in [0, 0.05) is 19.2 Å². The first-order valence-corrected chi connectivity index (χ1v) is 6.95. The molecule has 0 saturated heterocycles. The number of nitrogens with one attached hydrogen (secondary N) is 2. The van der Waals surface area contributed by atoms with E-state index < -0.39 is 0 Å². The number of carbonyl (C=O) groups excluding carboxylic acids is 1. The lowest BCUT2D eigenvalue weighted by Gasteiger charge is -2.14. The zero-order valence-corrected chi connectivity index (χ0v) is 11.7. The topological polar surface area (TPSA) is 67.2 Å². The van der Waals surface area contributed by atoms with Crippen molar-refractivity contribution < 1.29 is 4.79 Å². The lowest BCUT2D eigenvalue weighted by Crippen LogP contribution is -2.18. The van der Waals surface area contributed by atoms with Gasteiger partial charge in [0.1, 0.15) is 0 Å². The molecule has 1 amide bonds. The summed E-state index contributed by atoms with van der Waals surface area (Å²) in [6, 6.07) is 5.35. The van der Waals surface area contributed by atoms with E-state index in [0.29, 0.717) is 11.3 Å². The smallest absolute Gasteiger partial charge is 0.251 e. The van der Waals surface area contributed by atoms with Crippen molar-refractivity contribution in [3.05, 3.63) is 23.8 Å². The molecule has 2 atom stereocenters. The molecule has 104 valence electrons. The summed E-state index contributed by atoms with van der Waals surface area (Å²) in [6.07, 6.45) is 3.88. The number of carbonyl (C=O) groups is 1. The maximum atomic E-state index is 11.6. The van der Waals surface area contributed by atoms with Gasteiger partial charge in [-0.15, -0.1) is 0 Å². The highest BCUT2D eigenvalue weighted by atomic mass is 16.1. The van der Waals surface area contributed by atoms with Crippen LogP contribution >= 0.6 is 0 Å². The third-order valence-corrected chi connectivity index (χ3v) is 3.93. The molecule has 0 radical (unpaired) electrons. The molecule has 0 heterocycles. The maximum Gasteiger partial charge on any atom is 0.251 e. The number of hydrogen-bond donors (Lipinski definition) is 3. The molecule has 1 aliphatic rings. The summed E-state index contributed by atoms with van der Waals surface area (Å²) in [5.74, 6) is 1.47. The van der Waals surface area contributed by atoms with Gasteiger partial charge in [-0.05, 0) is 42.9 Å². The first kappa shape index (κ1) is 13.7. The second-order valence-electron chi connectivity index (χ2n) is 5.55. The molecule has 0 spiro atoms. The average molecular weight is 261 g/mol. The Hall–Kier alpha value is -1.71. The fraction of sp³-hybridized carbons (Fsp3) is 0.533. The van der Waals surface area contributed by atoms with E-state index in [9.17, 15) is 4.79 Å². The van der Waals surface area contributed by atoms with Crippen LogP contribution in [0.3, 0.4) is 0 Å². The zero-order chi connectivity index (χ0) is 13.8. The third-order valence-electron chi connectivity index (χ3n) is 3.93. The van der Waals surface area contributed by atoms with Crippen molar-refractivity contribution in [1.82, 2.24) is 5.32 Å². The Morgan fingerprint density at radius 1 is 1.42 bits per heavy atom. The number of rotatable bonds is 4. The van der Waals surface area contributed by atoms with Gasteiger partial charge in [0.15, 0.2) is 0 Å². The highest BCUT2D eigenvalue weighted by Gasteiger charge is 2.21. The monoisotopic (exact) mass is 261 g/mol. The Bertz CT molecular complexity index is 459. The number of nitrogen functional groups attached to an aromatic ring is 1. The van der Waals surface area contributed by atoms with Crippen molar-refractivity contribution in [2.24, 2.45) is 11.8 Å². The normalized spacial score (nSPS) is 22.2. The van der Waals surface area contributed by atoms with E-state index in [2.05, 4.69) is 17.6 Å². The molecule has 4 nitrogen and oxygen atoms in total. The number of amides is 1. The predicted molar refractivity (Wildman–Crippen MR) is 79.2 cm³/mol. The Labute approximate surface area is 114 Å². The van der Waals surface area contributed by atoms with Crippen molar-refractivity contribution >= 4 is 17.3 Å². The first-order chi connectivity index (χ1) is 9.10. The van der Waals surface area contributed by atoms with Crippen LogP contribution in [0.15, 0.2) is 18.2 Å². The minimum absolute atomic E-state index is 0.0856. The van der Waals surface area contributed by atoms with Gasteiger partial charge in [-0.1, -0.05) is 13.3 Å². The first-order valence-electron chi connectivity index (χ1n) is 6.95. The van der Waals surface area contributed by atoms with Gasteiger partial charge in [-0.2, -0.15) is 0 Å². The predicted octanol–water partition coefficient (Wildman–Crippen LogP) is 2.48. The summed E-state index contributed by atoms with van der Waals surface area (Å²) < 4.78 is 0. The van der Waals surface area contributed by atoms with Crippen LogP contribution in [-0.4, -0.2) is 19.5 Å². The Balaban J connectivity index is 2.00. The highest BCUT2D eigenvalue weighted by Crippen LogP contribution is 2.31. The summed E-state index contributed by atoms with van der Waals surface area (Å²) in [6.45, 7) is 3.24. The molecule has 1 aromatic rings. The minimum atomic E-state index is -0.0856. The molecule has 0 bridgehead atoms. The van der Waals surface area contributed by atoms with Crippen LogP contribution in [0, 0.1) is 11.8 Å². The Morgan fingerprint density at radius 2 is 2.21 bits per heavy atom. The van der Waals surface area contributed by atoms with Crippen molar-refractivity contribution in [1.29, 1.82) is 0 Å². The SMILES string of the molecule is CNC(=O)c1ccc(N)c(NCC2CCC(C)C2)c1. The Kier molecular flexibility index (Phi) is 4.30. The number of anilines is 2. The molecule has 1 aromatic carbocycles. The largest absolute Gasteiger partial charge is 0.397 e. The maximum absolute atomic E-state index is 11.6. The molecule has 4 N–H and O–H groups in total. The number of nitrogens with two attached hydrogens (primary N) is 1. The van der Waals surface area contributed by atoms with Crippen molar-refractivity contribution in [2.45, 2.75) is 26.2 Å². The van der Waals surface area contributed by atoms with E-state index in [0.717, 1.165) is 24.1 Å². The average Bonchev–Trinajstić information content (AvgIpc) is 2.82. The van der Waals surface area contributed by atoms with Crippen LogP contribution in [0.4, 0.5) is 11.4 Å². The van der Waals surface area contributed by atoms with Gasteiger partial charge in [0.05, 0.1) is 11.4 Å². The summed E-state index contributed by atoms with van der Waals surface area (Å²) in [5.41, 5.74) is 8.14. The van der Waals surface area contributed by atoms with E-state index in [1.165, 1.54) is 19.3 Å². The number of benzene rings is 1. The molecule has 2 rings (SSSR count). The molecule has 0 aliphatic heterocycles. The lowest BCUT2D eigenvalue weighted by molar-refractivity contribution is 0.0963.